The van der Waals surface area contributed by atoms with Crippen molar-refractivity contribution in [2.24, 2.45) is 5.73 Å². The predicted octanol–water partition coefficient (Wildman–Crippen LogP) is 2.86. The highest BCUT2D eigenvalue weighted by Crippen LogP contribution is 2.29. The lowest BCUT2D eigenvalue weighted by molar-refractivity contribution is 0.142. The van der Waals surface area contributed by atoms with Crippen LogP contribution in [0.3, 0.4) is 0 Å². The van der Waals surface area contributed by atoms with Gasteiger partial charge in [0.05, 0.1) is 6.04 Å². The maximum Gasteiger partial charge on any atom is 0.129 e. The standard InChI is InChI=1S/C13H11BrF2N2O/c14-8-3-7(5-18-6-8)12(17)13(19)10-4-9(15)1-2-11(10)16/h1-6,12-13,19H,17H2. The van der Waals surface area contributed by atoms with Gasteiger partial charge in [0.2, 0.25) is 0 Å². The highest BCUT2D eigenvalue weighted by atomic mass is 79.9. The van der Waals surface area contributed by atoms with Crippen LogP contribution in [0, 0.1) is 11.6 Å². The Hall–Kier alpha value is -1.37. The van der Waals surface area contributed by atoms with Gasteiger partial charge >= 0.3 is 0 Å². The quantitative estimate of drug-likeness (QED) is 0.910. The van der Waals surface area contributed by atoms with E-state index in [1.54, 1.807) is 12.3 Å². The molecule has 0 aliphatic rings. The Morgan fingerprint density at radius 1 is 1.21 bits per heavy atom. The van der Waals surface area contributed by atoms with Crippen molar-refractivity contribution < 1.29 is 13.9 Å². The van der Waals surface area contributed by atoms with E-state index in [1.165, 1.54) is 6.20 Å². The van der Waals surface area contributed by atoms with Crippen molar-refractivity contribution in [2.75, 3.05) is 0 Å². The van der Waals surface area contributed by atoms with Gasteiger partial charge in [-0.3, -0.25) is 4.98 Å². The smallest absolute Gasteiger partial charge is 0.129 e. The second-order valence-corrected chi connectivity index (χ2v) is 4.99. The van der Waals surface area contributed by atoms with E-state index in [1.807, 2.05) is 0 Å². The zero-order valence-corrected chi connectivity index (χ0v) is 11.3. The van der Waals surface area contributed by atoms with Gasteiger partial charge in [-0.2, -0.15) is 0 Å². The molecular formula is C13H11BrF2N2O. The van der Waals surface area contributed by atoms with Crippen LogP contribution >= 0.6 is 15.9 Å². The highest BCUT2D eigenvalue weighted by molar-refractivity contribution is 9.10. The number of rotatable bonds is 3. The zero-order chi connectivity index (χ0) is 14.0. The molecule has 1 aromatic carbocycles. The van der Waals surface area contributed by atoms with Crippen LogP contribution in [0.1, 0.15) is 23.3 Å². The molecule has 0 saturated heterocycles. The molecule has 0 radical (unpaired) electrons. The Bertz CT molecular complexity index is 595. The van der Waals surface area contributed by atoms with Gasteiger partial charge < -0.3 is 10.8 Å². The number of halogens is 3. The van der Waals surface area contributed by atoms with Crippen LogP contribution in [-0.4, -0.2) is 10.1 Å². The molecule has 0 spiro atoms. The zero-order valence-electron chi connectivity index (χ0n) is 9.72. The normalized spacial score (nSPS) is 14.2. The lowest BCUT2D eigenvalue weighted by Gasteiger charge is -2.20. The number of aromatic nitrogens is 1. The minimum atomic E-state index is -1.35. The number of nitrogens with zero attached hydrogens (tertiary/aromatic N) is 1. The monoisotopic (exact) mass is 328 g/mol. The van der Waals surface area contributed by atoms with Gasteiger partial charge in [-0.1, -0.05) is 0 Å². The first-order chi connectivity index (χ1) is 8.99. The Kier molecular flexibility index (Phi) is 4.24. The van der Waals surface area contributed by atoms with E-state index in [4.69, 9.17) is 5.73 Å². The summed E-state index contributed by atoms with van der Waals surface area (Å²) < 4.78 is 27.4. The first kappa shape index (κ1) is 14.0. The topological polar surface area (TPSA) is 59.1 Å². The summed E-state index contributed by atoms with van der Waals surface area (Å²) in [4.78, 5) is 3.92. The van der Waals surface area contributed by atoms with Crippen molar-refractivity contribution in [1.82, 2.24) is 4.98 Å². The number of hydrogen-bond acceptors (Lipinski definition) is 3. The summed E-state index contributed by atoms with van der Waals surface area (Å²) in [5.74, 6) is -1.33. The van der Waals surface area contributed by atoms with Gasteiger partial charge in [-0.25, -0.2) is 8.78 Å². The van der Waals surface area contributed by atoms with Crippen molar-refractivity contribution in [1.29, 1.82) is 0 Å². The molecule has 100 valence electrons. The van der Waals surface area contributed by atoms with E-state index in [0.29, 0.717) is 10.0 Å². The van der Waals surface area contributed by atoms with E-state index in [-0.39, 0.29) is 5.56 Å². The first-order valence-corrected chi connectivity index (χ1v) is 6.27. The van der Waals surface area contributed by atoms with Crippen LogP contribution in [0.25, 0.3) is 0 Å². The molecule has 0 bridgehead atoms. The Morgan fingerprint density at radius 3 is 2.63 bits per heavy atom. The average molecular weight is 329 g/mol. The van der Waals surface area contributed by atoms with Crippen LogP contribution in [0.2, 0.25) is 0 Å². The molecule has 3 N–H and O–H groups in total. The molecule has 1 aromatic heterocycles. The van der Waals surface area contributed by atoms with Gasteiger partial charge in [0.25, 0.3) is 0 Å². The molecular weight excluding hydrogens is 318 g/mol. The second kappa shape index (κ2) is 5.73. The van der Waals surface area contributed by atoms with Gasteiger partial charge in [0.1, 0.15) is 17.7 Å². The molecule has 19 heavy (non-hydrogen) atoms. The van der Waals surface area contributed by atoms with E-state index < -0.39 is 23.8 Å². The number of pyridine rings is 1. The third kappa shape index (κ3) is 3.15. The van der Waals surface area contributed by atoms with Crippen LogP contribution in [0.4, 0.5) is 8.78 Å². The Balaban J connectivity index is 2.33. The Labute approximate surface area is 117 Å². The van der Waals surface area contributed by atoms with Gasteiger partial charge in [-0.05, 0) is 45.8 Å². The van der Waals surface area contributed by atoms with Crippen molar-refractivity contribution in [3.8, 4) is 0 Å². The number of aliphatic hydroxyl groups is 1. The van der Waals surface area contributed by atoms with Gasteiger partial charge in [-0.15, -0.1) is 0 Å². The molecule has 0 aliphatic carbocycles. The molecule has 6 heteroatoms. The van der Waals surface area contributed by atoms with Crippen molar-refractivity contribution in [3.05, 3.63) is 63.9 Å². The van der Waals surface area contributed by atoms with E-state index in [2.05, 4.69) is 20.9 Å². The predicted molar refractivity (Wildman–Crippen MR) is 70.2 cm³/mol. The number of aliphatic hydroxyl groups excluding tert-OH is 1. The molecule has 2 rings (SSSR count). The minimum Gasteiger partial charge on any atom is -0.386 e. The van der Waals surface area contributed by atoms with Crippen LogP contribution < -0.4 is 5.73 Å². The molecule has 0 fully saturated rings. The van der Waals surface area contributed by atoms with E-state index in [9.17, 15) is 13.9 Å². The number of nitrogens with two attached hydrogens (primary N) is 1. The fourth-order valence-corrected chi connectivity index (χ4v) is 2.11. The van der Waals surface area contributed by atoms with Crippen molar-refractivity contribution in [3.63, 3.8) is 0 Å². The molecule has 0 aliphatic heterocycles. The fraction of sp³-hybridized carbons (Fsp3) is 0.154. The maximum absolute atomic E-state index is 13.6. The molecule has 2 unspecified atom stereocenters. The number of benzene rings is 1. The molecule has 2 atom stereocenters. The summed E-state index contributed by atoms with van der Waals surface area (Å²) in [5.41, 5.74) is 6.20. The molecule has 3 nitrogen and oxygen atoms in total. The summed E-state index contributed by atoms with van der Waals surface area (Å²) in [6, 6.07) is 3.64. The number of hydrogen-bond donors (Lipinski definition) is 2. The lowest BCUT2D eigenvalue weighted by Crippen LogP contribution is -2.20. The molecule has 0 amide bonds. The lowest BCUT2D eigenvalue weighted by atomic mass is 9.97. The summed E-state index contributed by atoms with van der Waals surface area (Å²) in [5, 5.41) is 10.1. The minimum absolute atomic E-state index is 0.174. The third-order valence-corrected chi connectivity index (χ3v) is 3.16. The third-order valence-electron chi connectivity index (χ3n) is 2.73. The van der Waals surface area contributed by atoms with Crippen LogP contribution in [0.15, 0.2) is 41.1 Å². The molecule has 2 aromatic rings. The summed E-state index contributed by atoms with van der Waals surface area (Å²) in [6.45, 7) is 0. The van der Waals surface area contributed by atoms with Crippen LogP contribution in [-0.2, 0) is 0 Å². The largest absolute Gasteiger partial charge is 0.386 e. The van der Waals surface area contributed by atoms with Crippen LogP contribution in [0.5, 0.6) is 0 Å². The summed E-state index contributed by atoms with van der Waals surface area (Å²) in [6.07, 6.45) is 1.67. The van der Waals surface area contributed by atoms with Gasteiger partial charge in [0.15, 0.2) is 0 Å². The van der Waals surface area contributed by atoms with E-state index >= 15 is 0 Å². The molecule has 1 heterocycles. The summed E-state index contributed by atoms with van der Waals surface area (Å²) in [7, 11) is 0. The maximum atomic E-state index is 13.6. The SMILES string of the molecule is NC(c1cncc(Br)c1)C(O)c1cc(F)ccc1F. The second-order valence-electron chi connectivity index (χ2n) is 4.07. The summed E-state index contributed by atoms with van der Waals surface area (Å²) >= 11 is 3.23. The average Bonchev–Trinajstić information content (AvgIpc) is 2.40. The van der Waals surface area contributed by atoms with Crippen molar-refractivity contribution >= 4 is 15.9 Å². The van der Waals surface area contributed by atoms with Crippen molar-refractivity contribution in [2.45, 2.75) is 12.1 Å². The highest BCUT2D eigenvalue weighted by Gasteiger charge is 2.22. The Morgan fingerprint density at radius 2 is 1.95 bits per heavy atom. The fourth-order valence-electron chi connectivity index (χ4n) is 1.73. The van der Waals surface area contributed by atoms with Gasteiger partial charge in [0, 0.05) is 22.4 Å². The van der Waals surface area contributed by atoms with E-state index in [0.717, 1.165) is 18.2 Å². The molecule has 0 saturated carbocycles. The first-order valence-electron chi connectivity index (χ1n) is 5.48.